The van der Waals surface area contributed by atoms with Crippen molar-refractivity contribution in [3.63, 3.8) is 0 Å². The minimum atomic E-state index is 0.580. The molecule has 2 nitrogen and oxygen atoms in total. The van der Waals surface area contributed by atoms with Gasteiger partial charge in [-0.3, -0.25) is 0 Å². The molecule has 0 aliphatic heterocycles. The lowest BCUT2D eigenvalue weighted by Crippen LogP contribution is -2.06. The first-order valence-corrected chi connectivity index (χ1v) is 9.48. The van der Waals surface area contributed by atoms with Gasteiger partial charge in [0.1, 0.15) is 12.4 Å². The van der Waals surface area contributed by atoms with Gasteiger partial charge in [0.05, 0.1) is 6.61 Å². The van der Waals surface area contributed by atoms with Crippen molar-refractivity contribution in [1.29, 1.82) is 0 Å². The summed E-state index contributed by atoms with van der Waals surface area (Å²) in [5.41, 5.74) is 1.41. The predicted molar refractivity (Wildman–Crippen MR) is 102 cm³/mol. The molecule has 0 bridgehead atoms. The van der Waals surface area contributed by atoms with Crippen LogP contribution in [-0.4, -0.2) is 25.7 Å². The molecule has 0 N–H and O–H groups in total. The number of halogens is 1. The van der Waals surface area contributed by atoms with Crippen molar-refractivity contribution < 1.29 is 9.47 Å². The SMILES string of the molecule is COCCOc1cccc2ccc(C(CCBr)CC(C)C)cc12. The lowest BCUT2D eigenvalue weighted by Gasteiger charge is -2.19. The molecule has 0 aliphatic carbocycles. The Morgan fingerprint density at radius 1 is 1.09 bits per heavy atom. The number of methoxy groups -OCH3 is 1. The van der Waals surface area contributed by atoms with E-state index in [0.717, 1.165) is 17.5 Å². The van der Waals surface area contributed by atoms with Crippen LogP contribution in [0.4, 0.5) is 0 Å². The molecular weight excluding hydrogens is 352 g/mol. The summed E-state index contributed by atoms with van der Waals surface area (Å²) in [4.78, 5) is 0. The minimum Gasteiger partial charge on any atom is -0.491 e. The molecule has 126 valence electrons. The molecule has 0 aliphatic rings. The maximum absolute atomic E-state index is 5.90. The second-order valence-corrected chi connectivity index (χ2v) is 7.18. The highest BCUT2D eigenvalue weighted by Gasteiger charge is 2.14. The van der Waals surface area contributed by atoms with Gasteiger partial charge in [-0.05, 0) is 47.8 Å². The molecule has 1 unspecified atom stereocenters. The van der Waals surface area contributed by atoms with Crippen molar-refractivity contribution in [2.24, 2.45) is 5.92 Å². The van der Waals surface area contributed by atoms with Crippen LogP contribution in [0.25, 0.3) is 10.8 Å². The van der Waals surface area contributed by atoms with E-state index in [-0.39, 0.29) is 0 Å². The molecule has 2 aromatic carbocycles. The largest absolute Gasteiger partial charge is 0.491 e. The van der Waals surface area contributed by atoms with E-state index in [9.17, 15) is 0 Å². The van der Waals surface area contributed by atoms with Crippen LogP contribution in [0.1, 0.15) is 38.2 Å². The standard InChI is InChI=1S/C20H27BrO2/c1-15(2)13-18(9-10-21)17-8-7-16-5-4-6-20(19(16)14-17)23-12-11-22-3/h4-8,14-15,18H,9-13H2,1-3H3. The number of benzene rings is 2. The van der Waals surface area contributed by atoms with Gasteiger partial charge in [0.15, 0.2) is 0 Å². The Bertz CT molecular complexity index is 610. The zero-order chi connectivity index (χ0) is 16.7. The van der Waals surface area contributed by atoms with E-state index < -0.39 is 0 Å². The molecule has 0 saturated carbocycles. The monoisotopic (exact) mass is 378 g/mol. The van der Waals surface area contributed by atoms with E-state index in [1.165, 1.54) is 22.8 Å². The van der Waals surface area contributed by atoms with Crippen molar-refractivity contribution >= 4 is 26.7 Å². The summed E-state index contributed by atoms with van der Waals surface area (Å²) < 4.78 is 11.0. The van der Waals surface area contributed by atoms with Gasteiger partial charge in [-0.25, -0.2) is 0 Å². The van der Waals surface area contributed by atoms with E-state index in [2.05, 4.69) is 54.0 Å². The number of rotatable bonds is 9. The minimum absolute atomic E-state index is 0.580. The second-order valence-electron chi connectivity index (χ2n) is 6.38. The summed E-state index contributed by atoms with van der Waals surface area (Å²) in [5.74, 6) is 2.23. The Labute approximate surface area is 148 Å². The van der Waals surface area contributed by atoms with E-state index >= 15 is 0 Å². The van der Waals surface area contributed by atoms with E-state index in [1.807, 2.05) is 12.1 Å². The average Bonchev–Trinajstić information content (AvgIpc) is 2.54. The van der Waals surface area contributed by atoms with Crippen LogP contribution in [0.15, 0.2) is 36.4 Å². The van der Waals surface area contributed by atoms with Gasteiger partial charge in [0, 0.05) is 17.8 Å². The number of alkyl halides is 1. The topological polar surface area (TPSA) is 18.5 Å². The fraction of sp³-hybridized carbons (Fsp3) is 0.500. The molecule has 0 radical (unpaired) electrons. The van der Waals surface area contributed by atoms with Crippen LogP contribution in [0.3, 0.4) is 0 Å². The summed E-state index contributed by atoms with van der Waals surface area (Å²) in [6, 6.07) is 13.0. The van der Waals surface area contributed by atoms with Crippen LogP contribution >= 0.6 is 15.9 Å². The number of hydrogen-bond donors (Lipinski definition) is 0. The van der Waals surface area contributed by atoms with Crippen LogP contribution in [0.2, 0.25) is 0 Å². The zero-order valence-corrected chi connectivity index (χ0v) is 15.9. The number of hydrogen-bond acceptors (Lipinski definition) is 2. The van der Waals surface area contributed by atoms with Gasteiger partial charge in [0.25, 0.3) is 0 Å². The maximum atomic E-state index is 5.90. The van der Waals surface area contributed by atoms with Crippen molar-refractivity contribution in [3.8, 4) is 5.75 Å². The molecule has 2 aromatic rings. The first-order chi connectivity index (χ1) is 11.2. The first kappa shape index (κ1) is 18.3. The predicted octanol–water partition coefficient (Wildman–Crippen LogP) is 5.78. The molecular formula is C20H27BrO2. The van der Waals surface area contributed by atoms with Crippen LogP contribution in [0.5, 0.6) is 5.75 Å². The average molecular weight is 379 g/mol. The third-order valence-electron chi connectivity index (χ3n) is 4.10. The normalized spacial score (nSPS) is 12.7. The Balaban J connectivity index is 2.32. The highest BCUT2D eigenvalue weighted by molar-refractivity contribution is 9.09. The number of fused-ring (bicyclic) bond motifs is 1. The van der Waals surface area contributed by atoms with E-state index in [0.29, 0.717) is 25.0 Å². The maximum Gasteiger partial charge on any atom is 0.127 e. The van der Waals surface area contributed by atoms with Gasteiger partial charge in [-0.2, -0.15) is 0 Å². The third-order valence-corrected chi connectivity index (χ3v) is 4.55. The lowest BCUT2D eigenvalue weighted by atomic mass is 9.87. The van der Waals surface area contributed by atoms with Crippen molar-refractivity contribution in [2.45, 2.75) is 32.6 Å². The molecule has 0 fully saturated rings. The second kappa shape index (κ2) is 9.29. The first-order valence-electron chi connectivity index (χ1n) is 8.36. The summed E-state index contributed by atoms with van der Waals surface area (Å²) in [5, 5.41) is 3.46. The van der Waals surface area contributed by atoms with Crippen molar-refractivity contribution in [2.75, 3.05) is 25.7 Å². The van der Waals surface area contributed by atoms with Crippen LogP contribution in [-0.2, 0) is 4.74 Å². The van der Waals surface area contributed by atoms with Gasteiger partial charge in [-0.1, -0.05) is 54.0 Å². The molecule has 0 aromatic heterocycles. The molecule has 0 heterocycles. The fourth-order valence-corrected chi connectivity index (χ4v) is 3.55. The molecule has 2 rings (SSSR count). The van der Waals surface area contributed by atoms with Crippen LogP contribution < -0.4 is 4.74 Å². The zero-order valence-electron chi connectivity index (χ0n) is 14.3. The van der Waals surface area contributed by atoms with Gasteiger partial charge in [0.2, 0.25) is 0 Å². The van der Waals surface area contributed by atoms with Gasteiger partial charge < -0.3 is 9.47 Å². The Hall–Kier alpha value is -1.06. The summed E-state index contributed by atoms with van der Waals surface area (Å²) in [6.07, 6.45) is 2.38. The van der Waals surface area contributed by atoms with Gasteiger partial charge >= 0.3 is 0 Å². The number of ether oxygens (including phenoxy) is 2. The Morgan fingerprint density at radius 3 is 2.61 bits per heavy atom. The third kappa shape index (κ3) is 5.22. The summed E-state index contributed by atoms with van der Waals surface area (Å²) in [6.45, 7) is 5.77. The highest BCUT2D eigenvalue weighted by atomic mass is 79.9. The molecule has 1 atom stereocenters. The van der Waals surface area contributed by atoms with E-state index in [1.54, 1.807) is 7.11 Å². The van der Waals surface area contributed by atoms with Crippen molar-refractivity contribution in [3.05, 3.63) is 42.0 Å². The lowest BCUT2D eigenvalue weighted by molar-refractivity contribution is 0.147. The van der Waals surface area contributed by atoms with Crippen LogP contribution in [0, 0.1) is 5.92 Å². The molecule has 3 heteroatoms. The van der Waals surface area contributed by atoms with Crippen molar-refractivity contribution in [1.82, 2.24) is 0 Å². The quantitative estimate of drug-likeness (QED) is 0.406. The Morgan fingerprint density at radius 2 is 1.91 bits per heavy atom. The fourth-order valence-electron chi connectivity index (χ4n) is 3.00. The molecule has 0 saturated heterocycles. The van der Waals surface area contributed by atoms with Gasteiger partial charge in [-0.15, -0.1) is 0 Å². The molecule has 0 amide bonds. The molecule has 0 spiro atoms. The summed E-state index contributed by atoms with van der Waals surface area (Å²) >= 11 is 3.60. The Kier molecular flexibility index (Phi) is 7.38. The summed E-state index contributed by atoms with van der Waals surface area (Å²) in [7, 11) is 1.70. The van der Waals surface area contributed by atoms with E-state index in [4.69, 9.17) is 9.47 Å². The molecule has 23 heavy (non-hydrogen) atoms. The highest BCUT2D eigenvalue weighted by Crippen LogP contribution is 2.33. The smallest absolute Gasteiger partial charge is 0.127 e.